The molecular weight excluding hydrogens is 321 g/mol. The number of anilines is 2. The van der Waals surface area contributed by atoms with Gasteiger partial charge in [0.15, 0.2) is 5.82 Å². The van der Waals surface area contributed by atoms with Crippen LogP contribution in [0.3, 0.4) is 0 Å². The first-order valence-corrected chi connectivity index (χ1v) is 8.39. The van der Waals surface area contributed by atoms with Crippen LogP contribution in [0, 0.1) is 5.82 Å². The molecule has 0 radical (unpaired) electrons. The molecule has 0 bridgehead atoms. The lowest BCUT2D eigenvalue weighted by molar-refractivity contribution is 0.628. The first-order chi connectivity index (χ1) is 10.7. The van der Waals surface area contributed by atoms with Gasteiger partial charge in [-0.2, -0.15) is 0 Å². The Kier molecular flexibility index (Phi) is 3.47. The van der Waals surface area contributed by atoms with Gasteiger partial charge >= 0.3 is 0 Å². The zero-order valence-electron chi connectivity index (χ0n) is 11.7. The summed E-state index contributed by atoms with van der Waals surface area (Å²) in [4.78, 5) is 10.2. The van der Waals surface area contributed by atoms with E-state index in [1.165, 1.54) is 29.3 Å². The van der Waals surface area contributed by atoms with Gasteiger partial charge in [0, 0.05) is 10.6 Å². The monoisotopic (exact) mass is 333 g/mol. The standard InChI is InChI=1S/C16H13ClFN3S/c17-11-7-9(5-6-12(11)18)21-16-15-14(19-8-20-16)10-3-1-2-4-13(10)22-15/h5-8H,1-4H2,(H,19,20,21). The molecule has 0 aliphatic heterocycles. The molecule has 3 nitrogen and oxygen atoms in total. The Morgan fingerprint density at radius 1 is 1.18 bits per heavy atom. The van der Waals surface area contributed by atoms with Crippen LogP contribution in [0.5, 0.6) is 0 Å². The second-order valence-corrected chi connectivity index (χ2v) is 6.88. The first-order valence-electron chi connectivity index (χ1n) is 7.19. The molecule has 112 valence electrons. The number of hydrogen-bond donors (Lipinski definition) is 1. The van der Waals surface area contributed by atoms with Crippen LogP contribution in [-0.2, 0) is 12.8 Å². The maximum atomic E-state index is 13.3. The number of benzene rings is 1. The Balaban J connectivity index is 1.78. The third-order valence-corrected chi connectivity index (χ3v) is 5.49. The summed E-state index contributed by atoms with van der Waals surface area (Å²) in [6.45, 7) is 0. The molecule has 0 saturated heterocycles. The summed E-state index contributed by atoms with van der Waals surface area (Å²) >= 11 is 7.59. The van der Waals surface area contributed by atoms with E-state index in [1.54, 1.807) is 29.8 Å². The predicted molar refractivity (Wildman–Crippen MR) is 88.7 cm³/mol. The lowest BCUT2D eigenvalue weighted by Gasteiger charge is -2.09. The quantitative estimate of drug-likeness (QED) is 0.708. The van der Waals surface area contributed by atoms with Crippen LogP contribution in [0.25, 0.3) is 10.2 Å². The van der Waals surface area contributed by atoms with Crippen LogP contribution in [0.15, 0.2) is 24.5 Å². The van der Waals surface area contributed by atoms with Gasteiger partial charge in [0.25, 0.3) is 0 Å². The van der Waals surface area contributed by atoms with E-state index in [-0.39, 0.29) is 5.02 Å². The zero-order chi connectivity index (χ0) is 15.1. The molecular formula is C16H13ClFN3S. The highest BCUT2D eigenvalue weighted by atomic mass is 35.5. The van der Waals surface area contributed by atoms with Gasteiger partial charge in [-0.3, -0.25) is 0 Å². The first kappa shape index (κ1) is 13.9. The molecule has 0 amide bonds. The van der Waals surface area contributed by atoms with Gasteiger partial charge in [-0.25, -0.2) is 14.4 Å². The highest BCUT2D eigenvalue weighted by Crippen LogP contribution is 2.38. The van der Waals surface area contributed by atoms with Crippen molar-refractivity contribution in [2.24, 2.45) is 0 Å². The molecule has 0 atom stereocenters. The van der Waals surface area contributed by atoms with E-state index >= 15 is 0 Å². The SMILES string of the molecule is Fc1ccc(Nc2ncnc3c4c(sc23)CCCC4)cc1Cl. The number of halogens is 2. The highest BCUT2D eigenvalue weighted by Gasteiger charge is 2.19. The maximum absolute atomic E-state index is 13.3. The molecule has 1 aromatic carbocycles. The minimum Gasteiger partial charge on any atom is -0.339 e. The van der Waals surface area contributed by atoms with Gasteiger partial charge in [0.1, 0.15) is 12.1 Å². The van der Waals surface area contributed by atoms with Crippen molar-refractivity contribution in [3.05, 3.63) is 45.8 Å². The topological polar surface area (TPSA) is 37.8 Å². The molecule has 2 heterocycles. The van der Waals surface area contributed by atoms with Crippen molar-refractivity contribution in [1.29, 1.82) is 0 Å². The molecule has 1 N–H and O–H groups in total. The molecule has 3 aromatic rings. The fourth-order valence-corrected chi connectivity index (χ4v) is 4.32. The third-order valence-electron chi connectivity index (χ3n) is 3.91. The summed E-state index contributed by atoms with van der Waals surface area (Å²) in [7, 11) is 0. The van der Waals surface area contributed by atoms with E-state index in [0.29, 0.717) is 0 Å². The minimum absolute atomic E-state index is 0.0979. The molecule has 0 unspecified atom stereocenters. The number of aryl methyl sites for hydroxylation is 2. The number of nitrogens with zero attached hydrogens (tertiary/aromatic N) is 2. The van der Waals surface area contributed by atoms with E-state index in [9.17, 15) is 4.39 Å². The fourth-order valence-electron chi connectivity index (χ4n) is 2.85. The smallest absolute Gasteiger partial charge is 0.151 e. The van der Waals surface area contributed by atoms with E-state index < -0.39 is 5.82 Å². The third kappa shape index (κ3) is 2.34. The van der Waals surface area contributed by atoms with Crippen molar-refractivity contribution < 1.29 is 4.39 Å². The summed E-state index contributed by atoms with van der Waals surface area (Å²) in [5, 5.41) is 3.33. The average molecular weight is 334 g/mol. The van der Waals surface area contributed by atoms with E-state index in [2.05, 4.69) is 15.3 Å². The Hall–Kier alpha value is -1.72. The molecule has 22 heavy (non-hydrogen) atoms. The molecule has 0 saturated carbocycles. The largest absolute Gasteiger partial charge is 0.339 e. The second-order valence-electron chi connectivity index (χ2n) is 5.36. The van der Waals surface area contributed by atoms with Gasteiger partial charge in [-0.15, -0.1) is 11.3 Å². The average Bonchev–Trinajstić information content (AvgIpc) is 2.91. The molecule has 1 aliphatic carbocycles. The van der Waals surface area contributed by atoms with Gasteiger partial charge < -0.3 is 5.32 Å². The molecule has 1 aliphatic rings. The van der Waals surface area contributed by atoms with Crippen molar-refractivity contribution in [3.8, 4) is 0 Å². The Morgan fingerprint density at radius 3 is 2.91 bits per heavy atom. The Labute approximate surface area is 136 Å². The summed E-state index contributed by atoms with van der Waals surface area (Å²) in [6.07, 6.45) is 6.26. The van der Waals surface area contributed by atoms with Crippen molar-refractivity contribution in [2.75, 3.05) is 5.32 Å². The fraction of sp³-hybridized carbons (Fsp3) is 0.250. The number of thiophene rings is 1. The summed E-state index contributed by atoms with van der Waals surface area (Å²) in [5.74, 6) is 0.332. The number of aromatic nitrogens is 2. The Bertz CT molecular complexity index is 862. The summed E-state index contributed by atoms with van der Waals surface area (Å²) < 4.78 is 14.3. The molecule has 6 heteroatoms. The van der Waals surface area contributed by atoms with Crippen LogP contribution < -0.4 is 5.32 Å². The van der Waals surface area contributed by atoms with Crippen molar-refractivity contribution in [1.82, 2.24) is 9.97 Å². The number of fused-ring (bicyclic) bond motifs is 3. The maximum Gasteiger partial charge on any atom is 0.151 e. The van der Waals surface area contributed by atoms with Crippen LogP contribution in [-0.4, -0.2) is 9.97 Å². The highest BCUT2D eigenvalue weighted by molar-refractivity contribution is 7.19. The lowest BCUT2D eigenvalue weighted by atomic mass is 9.98. The summed E-state index contributed by atoms with van der Waals surface area (Å²) in [5.41, 5.74) is 3.14. The van der Waals surface area contributed by atoms with Crippen molar-refractivity contribution >= 4 is 44.7 Å². The van der Waals surface area contributed by atoms with Gasteiger partial charge in [-0.05, 0) is 49.4 Å². The number of nitrogens with one attached hydrogen (secondary N) is 1. The van der Waals surface area contributed by atoms with Crippen LogP contribution in [0.2, 0.25) is 5.02 Å². The van der Waals surface area contributed by atoms with Crippen molar-refractivity contribution in [2.45, 2.75) is 25.7 Å². The van der Waals surface area contributed by atoms with Crippen molar-refractivity contribution in [3.63, 3.8) is 0 Å². The second kappa shape index (κ2) is 5.48. The summed E-state index contributed by atoms with van der Waals surface area (Å²) in [6, 6.07) is 4.57. The Morgan fingerprint density at radius 2 is 2.05 bits per heavy atom. The number of rotatable bonds is 2. The molecule has 4 rings (SSSR count). The predicted octanol–water partition coefficient (Wildman–Crippen LogP) is 5.11. The van der Waals surface area contributed by atoms with E-state index in [1.807, 2.05) is 0 Å². The lowest BCUT2D eigenvalue weighted by Crippen LogP contribution is -1.99. The van der Waals surface area contributed by atoms with E-state index in [0.717, 1.165) is 34.6 Å². The van der Waals surface area contributed by atoms with Crippen LogP contribution in [0.1, 0.15) is 23.3 Å². The minimum atomic E-state index is -0.424. The molecule has 0 spiro atoms. The van der Waals surface area contributed by atoms with Gasteiger partial charge in [-0.1, -0.05) is 11.6 Å². The van der Waals surface area contributed by atoms with Gasteiger partial charge in [0.2, 0.25) is 0 Å². The van der Waals surface area contributed by atoms with E-state index in [4.69, 9.17) is 11.6 Å². The molecule has 0 fully saturated rings. The normalized spacial score (nSPS) is 14.1. The zero-order valence-corrected chi connectivity index (χ0v) is 13.3. The number of hydrogen-bond acceptors (Lipinski definition) is 4. The van der Waals surface area contributed by atoms with Crippen LogP contribution in [0.4, 0.5) is 15.9 Å². The molecule has 2 aromatic heterocycles. The van der Waals surface area contributed by atoms with Gasteiger partial charge in [0.05, 0.1) is 15.2 Å². The van der Waals surface area contributed by atoms with Crippen LogP contribution >= 0.6 is 22.9 Å².